The lowest BCUT2D eigenvalue weighted by molar-refractivity contribution is -0.134. The minimum Gasteiger partial charge on any atom is -0.354 e. The van der Waals surface area contributed by atoms with Crippen molar-refractivity contribution in [3.05, 3.63) is 101 Å². The molecular formula is C35H33N9O3. The van der Waals surface area contributed by atoms with E-state index in [1.54, 1.807) is 22.1 Å². The average molecular weight is 628 g/mol. The quantitative estimate of drug-likeness (QED) is 0.271. The molecule has 2 aromatic heterocycles. The van der Waals surface area contributed by atoms with Crippen LogP contribution in [0, 0.1) is 6.92 Å². The number of piperidine rings is 1. The van der Waals surface area contributed by atoms with Gasteiger partial charge in [0, 0.05) is 56.3 Å². The SMILES string of the molecule is Cc1ncn(-c2nccc(N3CCN(Cc4ccc(Cc5ccc6c7c(cccc57)C(=O)N6C5CCC(=O)NC5=O)cc4)CC3)n2)n1. The second-order valence-electron chi connectivity index (χ2n) is 12.3. The molecule has 8 rings (SSSR count). The van der Waals surface area contributed by atoms with Crippen LogP contribution in [-0.2, 0) is 22.6 Å². The summed E-state index contributed by atoms with van der Waals surface area (Å²) in [5, 5.41) is 8.60. The van der Waals surface area contributed by atoms with Crippen molar-refractivity contribution in [1.29, 1.82) is 0 Å². The molecular weight excluding hydrogens is 594 g/mol. The summed E-state index contributed by atoms with van der Waals surface area (Å²) in [6.45, 7) is 6.32. The molecule has 5 aromatic rings. The molecule has 5 heterocycles. The number of amides is 3. The summed E-state index contributed by atoms with van der Waals surface area (Å²) in [5.41, 5.74) is 4.91. The highest BCUT2D eigenvalue weighted by atomic mass is 16.2. The van der Waals surface area contributed by atoms with Crippen LogP contribution in [0.1, 0.15) is 45.7 Å². The van der Waals surface area contributed by atoms with Gasteiger partial charge in [0.05, 0.1) is 5.69 Å². The predicted molar refractivity (Wildman–Crippen MR) is 175 cm³/mol. The Morgan fingerprint density at radius 1 is 0.894 bits per heavy atom. The number of rotatable bonds is 7. The molecule has 0 bridgehead atoms. The molecule has 0 spiro atoms. The molecule has 3 amide bonds. The van der Waals surface area contributed by atoms with Crippen LogP contribution in [0.5, 0.6) is 0 Å². The fourth-order valence-electron chi connectivity index (χ4n) is 6.90. The van der Waals surface area contributed by atoms with Crippen LogP contribution in [0.15, 0.2) is 73.2 Å². The van der Waals surface area contributed by atoms with Gasteiger partial charge >= 0.3 is 0 Å². The van der Waals surface area contributed by atoms with E-state index in [9.17, 15) is 14.4 Å². The third-order valence-electron chi connectivity index (χ3n) is 9.30. The lowest BCUT2D eigenvalue weighted by Crippen LogP contribution is -2.53. The number of nitrogens with one attached hydrogen (secondary N) is 1. The lowest BCUT2D eigenvalue weighted by Gasteiger charge is -2.35. The summed E-state index contributed by atoms with van der Waals surface area (Å²) >= 11 is 0. The first kappa shape index (κ1) is 28.9. The summed E-state index contributed by atoms with van der Waals surface area (Å²) in [7, 11) is 0. The summed E-state index contributed by atoms with van der Waals surface area (Å²) in [4.78, 5) is 57.4. The minimum absolute atomic E-state index is 0.189. The van der Waals surface area contributed by atoms with Gasteiger partial charge in [0.2, 0.25) is 11.8 Å². The van der Waals surface area contributed by atoms with Gasteiger partial charge in [-0.3, -0.25) is 29.5 Å². The molecule has 1 atom stereocenters. The Kier molecular flexibility index (Phi) is 7.21. The number of aromatic nitrogens is 5. The van der Waals surface area contributed by atoms with Gasteiger partial charge in [0.25, 0.3) is 11.9 Å². The van der Waals surface area contributed by atoms with Gasteiger partial charge in [-0.05, 0) is 60.0 Å². The normalized spacial score (nSPS) is 18.3. The van der Waals surface area contributed by atoms with E-state index < -0.39 is 11.9 Å². The van der Waals surface area contributed by atoms with Crippen LogP contribution < -0.4 is 15.1 Å². The maximum Gasteiger partial charge on any atom is 0.259 e. The van der Waals surface area contributed by atoms with E-state index in [2.05, 4.69) is 60.5 Å². The van der Waals surface area contributed by atoms with E-state index in [0.29, 0.717) is 23.8 Å². The highest BCUT2D eigenvalue weighted by Crippen LogP contribution is 2.41. The molecule has 12 heteroatoms. The van der Waals surface area contributed by atoms with Crippen molar-refractivity contribution in [3.63, 3.8) is 0 Å². The molecule has 3 aliphatic heterocycles. The molecule has 0 aliphatic carbocycles. The standard InChI is InChI=1S/C35H33N9O3/c1-22-37-21-43(40-22)35-36-14-13-30(38-35)42-17-15-41(16-18-42)20-24-7-5-23(6-8-24)19-25-9-10-28-32-26(25)3-2-4-27(32)34(47)44(28)29-11-12-31(45)39-33(29)46/h2-10,13-14,21,29H,11-12,15-20H2,1H3,(H,39,45,46). The van der Waals surface area contributed by atoms with Crippen molar-refractivity contribution >= 4 is 40.0 Å². The number of carbonyl (C=O) groups excluding carboxylic acids is 3. The largest absolute Gasteiger partial charge is 0.354 e. The summed E-state index contributed by atoms with van der Waals surface area (Å²) in [6.07, 6.45) is 4.66. The van der Waals surface area contributed by atoms with Gasteiger partial charge in [-0.15, -0.1) is 5.10 Å². The maximum absolute atomic E-state index is 13.5. The van der Waals surface area contributed by atoms with Crippen LogP contribution in [0.4, 0.5) is 11.5 Å². The highest BCUT2D eigenvalue weighted by Gasteiger charge is 2.40. The van der Waals surface area contributed by atoms with Crippen molar-refractivity contribution in [2.24, 2.45) is 0 Å². The van der Waals surface area contributed by atoms with Crippen molar-refractivity contribution < 1.29 is 14.4 Å². The Bertz CT molecular complexity index is 2030. The van der Waals surface area contributed by atoms with E-state index in [0.717, 1.165) is 67.0 Å². The molecule has 1 N–H and O–H groups in total. The van der Waals surface area contributed by atoms with Gasteiger partial charge in [-0.2, -0.15) is 9.67 Å². The Labute approximate surface area is 271 Å². The van der Waals surface area contributed by atoms with Crippen LogP contribution in [0.3, 0.4) is 0 Å². The Morgan fingerprint density at radius 3 is 2.47 bits per heavy atom. The number of hydrogen-bond acceptors (Lipinski definition) is 9. The van der Waals surface area contributed by atoms with Crippen LogP contribution in [-0.4, -0.2) is 79.6 Å². The molecule has 0 saturated carbocycles. The van der Waals surface area contributed by atoms with Gasteiger partial charge < -0.3 is 4.90 Å². The zero-order valence-corrected chi connectivity index (χ0v) is 26.0. The van der Waals surface area contributed by atoms with Gasteiger partial charge in [0.15, 0.2) is 0 Å². The molecule has 3 aromatic carbocycles. The third kappa shape index (κ3) is 5.40. The summed E-state index contributed by atoms with van der Waals surface area (Å²) in [5.74, 6) is 1.19. The molecule has 3 aliphatic rings. The van der Waals surface area contributed by atoms with E-state index in [-0.39, 0.29) is 18.2 Å². The first-order valence-electron chi connectivity index (χ1n) is 15.9. The summed E-state index contributed by atoms with van der Waals surface area (Å²) < 4.78 is 1.60. The molecule has 236 valence electrons. The van der Waals surface area contributed by atoms with E-state index in [1.165, 1.54) is 11.1 Å². The maximum atomic E-state index is 13.5. The second kappa shape index (κ2) is 11.7. The van der Waals surface area contributed by atoms with Crippen molar-refractivity contribution in [2.45, 2.75) is 38.8 Å². The molecule has 2 saturated heterocycles. The first-order valence-corrected chi connectivity index (χ1v) is 15.9. The molecule has 12 nitrogen and oxygen atoms in total. The monoisotopic (exact) mass is 627 g/mol. The van der Waals surface area contributed by atoms with E-state index >= 15 is 0 Å². The average Bonchev–Trinajstić information content (AvgIpc) is 3.65. The predicted octanol–water partition coefficient (Wildman–Crippen LogP) is 3.20. The van der Waals surface area contributed by atoms with Gasteiger partial charge in [-0.25, -0.2) is 9.97 Å². The van der Waals surface area contributed by atoms with Crippen LogP contribution >= 0.6 is 0 Å². The third-order valence-corrected chi connectivity index (χ3v) is 9.30. The number of carbonyl (C=O) groups is 3. The van der Waals surface area contributed by atoms with Gasteiger partial charge in [-0.1, -0.05) is 42.5 Å². The zero-order chi connectivity index (χ0) is 32.1. The summed E-state index contributed by atoms with van der Waals surface area (Å²) in [6, 6.07) is 19.8. The fraction of sp³-hybridized carbons (Fsp3) is 0.286. The molecule has 0 radical (unpaired) electrons. The molecule has 47 heavy (non-hydrogen) atoms. The number of piperazine rings is 1. The smallest absolute Gasteiger partial charge is 0.259 e. The number of benzene rings is 3. The topological polar surface area (TPSA) is 129 Å². The fourth-order valence-corrected chi connectivity index (χ4v) is 6.90. The Balaban J connectivity index is 0.924. The Morgan fingerprint density at radius 2 is 1.70 bits per heavy atom. The number of anilines is 2. The van der Waals surface area contributed by atoms with E-state index in [4.69, 9.17) is 4.98 Å². The highest BCUT2D eigenvalue weighted by molar-refractivity contribution is 6.27. The number of hydrogen-bond donors (Lipinski definition) is 1. The minimum atomic E-state index is -0.688. The molecule has 2 fully saturated rings. The number of aryl methyl sites for hydroxylation is 1. The van der Waals surface area contributed by atoms with Gasteiger partial charge in [0.1, 0.15) is 24.0 Å². The van der Waals surface area contributed by atoms with Crippen molar-refractivity contribution in [2.75, 3.05) is 36.0 Å². The van der Waals surface area contributed by atoms with Crippen LogP contribution in [0.25, 0.3) is 16.7 Å². The lowest BCUT2D eigenvalue weighted by atomic mass is 9.95. The van der Waals surface area contributed by atoms with Crippen molar-refractivity contribution in [3.8, 4) is 5.95 Å². The number of imide groups is 1. The molecule has 1 unspecified atom stereocenters. The first-order chi connectivity index (χ1) is 22.9. The van der Waals surface area contributed by atoms with Crippen LogP contribution in [0.2, 0.25) is 0 Å². The van der Waals surface area contributed by atoms with E-state index in [1.807, 2.05) is 37.3 Å². The second-order valence-corrected chi connectivity index (χ2v) is 12.3. The Hall–Kier alpha value is -5.49. The number of nitrogens with zero attached hydrogens (tertiary/aromatic N) is 8. The zero-order valence-electron chi connectivity index (χ0n) is 26.0. The van der Waals surface area contributed by atoms with Crippen molar-refractivity contribution in [1.82, 2.24) is 34.9 Å².